The number of carboxylic acids is 1. The summed E-state index contributed by atoms with van der Waals surface area (Å²) in [5, 5.41) is 13.6. The number of rotatable bonds is 10. The zero-order chi connectivity index (χ0) is 14.8. The van der Waals surface area contributed by atoms with Gasteiger partial charge in [-0.3, -0.25) is 9.59 Å². The molecule has 0 bridgehead atoms. The van der Waals surface area contributed by atoms with Crippen molar-refractivity contribution in [3.05, 3.63) is 22.4 Å². The van der Waals surface area contributed by atoms with E-state index in [9.17, 15) is 9.59 Å². The SMILES string of the molecule is NCCCCCCC(=O)NC(CC(=O)O)c1cccs1. The lowest BCUT2D eigenvalue weighted by Gasteiger charge is -2.15. The second-order valence-electron chi connectivity index (χ2n) is 4.69. The molecule has 0 aliphatic rings. The Morgan fingerprint density at radius 1 is 1.30 bits per heavy atom. The molecule has 4 N–H and O–H groups in total. The molecule has 1 aromatic heterocycles. The maximum atomic E-state index is 11.8. The van der Waals surface area contributed by atoms with Crippen LogP contribution >= 0.6 is 11.3 Å². The predicted molar refractivity (Wildman–Crippen MR) is 79.6 cm³/mol. The number of carboxylic acid groups (broad SMARTS) is 1. The average Bonchev–Trinajstić information content (AvgIpc) is 2.91. The van der Waals surface area contributed by atoms with Gasteiger partial charge in [-0.15, -0.1) is 11.3 Å². The molecule has 0 saturated carbocycles. The summed E-state index contributed by atoms with van der Waals surface area (Å²) in [5.74, 6) is -0.996. The van der Waals surface area contributed by atoms with E-state index < -0.39 is 12.0 Å². The maximum absolute atomic E-state index is 11.8. The van der Waals surface area contributed by atoms with Crippen LogP contribution in [0.5, 0.6) is 0 Å². The molecule has 1 amide bonds. The lowest BCUT2D eigenvalue weighted by atomic mass is 10.1. The second kappa shape index (κ2) is 9.50. The third-order valence-corrected chi connectivity index (χ3v) is 3.94. The van der Waals surface area contributed by atoms with Crippen LogP contribution in [-0.2, 0) is 9.59 Å². The molecule has 0 radical (unpaired) electrons. The van der Waals surface area contributed by atoms with E-state index in [0.717, 1.165) is 30.6 Å². The van der Waals surface area contributed by atoms with Crippen molar-refractivity contribution in [2.45, 2.75) is 44.6 Å². The molecule has 0 spiro atoms. The first-order valence-corrected chi connectivity index (χ1v) is 7.76. The summed E-state index contributed by atoms with van der Waals surface area (Å²) in [5.41, 5.74) is 5.40. The summed E-state index contributed by atoms with van der Waals surface area (Å²) in [7, 11) is 0. The molecule has 6 heteroatoms. The molecule has 0 aliphatic carbocycles. The summed E-state index contributed by atoms with van der Waals surface area (Å²) < 4.78 is 0. The monoisotopic (exact) mass is 298 g/mol. The fourth-order valence-electron chi connectivity index (χ4n) is 1.94. The van der Waals surface area contributed by atoms with Gasteiger partial charge in [-0.2, -0.15) is 0 Å². The summed E-state index contributed by atoms with van der Waals surface area (Å²) in [4.78, 5) is 23.6. The smallest absolute Gasteiger partial charge is 0.305 e. The zero-order valence-corrected chi connectivity index (χ0v) is 12.3. The van der Waals surface area contributed by atoms with Gasteiger partial charge in [-0.25, -0.2) is 0 Å². The highest BCUT2D eigenvalue weighted by atomic mass is 32.1. The van der Waals surface area contributed by atoms with Crippen molar-refractivity contribution in [1.82, 2.24) is 5.32 Å². The molecule has 1 rings (SSSR count). The molecule has 20 heavy (non-hydrogen) atoms. The van der Waals surface area contributed by atoms with Gasteiger partial charge in [0.05, 0.1) is 12.5 Å². The lowest BCUT2D eigenvalue weighted by molar-refractivity contribution is -0.137. The third kappa shape index (κ3) is 6.68. The number of amides is 1. The molecule has 0 fully saturated rings. The van der Waals surface area contributed by atoms with E-state index in [0.29, 0.717) is 13.0 Å². The number of nitrogens with one attached hydrogen (secondary N) is 1. The normalized spacial score (nSPS) is 12.1. The highest BCUT2D eigenvalue weighted by Crippen LogP contribution is 2.22. The van der Waals surface area contributed by atoms with E-state index in [1.165, 1.54) is 11.3 Å². The average molecular weight is 298 g/mol. The van der Waals surface area contributed by atoms with E-state index in [-0.39, 0.29) is 12.3 Å². The van der Waals surface area contributed by atoms with E-state index in [2.05, 4.69) is 5.32 Å². The van der Waals surface area contributed by atoms with Gasteiger partial charge in [0.25, 0.3) is 0 Å². The maximum Gasteiger partial charge on any atom is 0.305 e. The Morgan fingerprint density at radius 2 is 2.05 bits per heavy atom. The standard InChI is InChI=1S/C14H22N2O3S/c15-8-4-2-1-3-7-13(17)16-11(10-14(18)19)12-6-5-9-20-12/h5-6,9,11H,1-4,7-8,10,15H2,(H,16,17)(H,18,19). The minimum atomic E-state index is -0.911. The fraction of sp³-hybridized carbons (Fsp3) is 0.571. The van der Waals surface area contributed by atoms with E-state index in [1.807, 2.05) is 17.5 Å². The zero-order valence-electron chi connectivity index (χ0n) is 11.5. The van der Waals surface area contributed by atoms with Gasteiger partial charge in [-0.05, 0) is 30.8 Å². The topological polar surface area (TPSA) is 92.4 Å². The summed E-state index contributed by atoms with van der Waals surface area (Å²) in [6.45, 7) is 0.686. The fourth-order valence-corrected chi connectivity index (χ4v) is 2.71. The van der Waals surface area contributed by atoms with Crippen molar-refractivity contribution in [1.29, 1.82) is 0 Å². The molecule has 0 aromatic carbocycles. The van der Waals surface area contributed by atoms with Gasteiger partial charge in [0.2, 0.25) is 5.91 Å². The van der Waals surface area contributed by atoms with Crippen LogP contribution in [0.4, 0.5) is 0 Å². The predicted octanol–water partition coefficient (Wildman–Crippen LogP) is 2.29. The number of unbranched alkanes of at least 4 members (excludes halogenated alkanes) is 3. The number of carbonyl (C=O) groups excluding carboxylic acids is 1. The van der Waals surface area contributed by atoms with Crippen molar-refractivity contribution in [2.75, 3.05) is 6.54 Å². The molecule has 5 nitrogen and oxygen atoms in total. The molecular formula is C14H22N2O3S. The molecule has 0 saturated heterocycles. The molecule has 1 aromatic rings. The van der Waals surface area contributed by atoms with Gasteiger partial charge in [0.15, 0.2) is 0 Å². The Kier molecular flexibility index (Phi) is 7.91. The Bertz CT molecular complexity index is 407. The van der Waals surface area contributed by atoms with Gasteiger partial charge < -0.3 is 16.2 Å². The molecule has 1 unspecified atom stereocenters. The minimum Gasteiger partial charge on any atom is -0.481 e. The Labute approximate surface area is 123 Å². The van der Waals surface area contributed by atoms with Crippen LogP contribution in [0, 0.1) is 0 Å². The first-order chi connectivity index (χ1) is 9.63. The van der Waals surface area contributed by atoms with Crippen molar-refractivity contribution in [3.63, 3.8) is 0 Å². The van der Waals surface area contributed by atoms with E-state index >= 15 is 0 Å². The minimum absolute atomic E-state index is 0.0839. The Balaban J connectivity index is 2.37. The highest BCUT2D eigenvalue weighted by Gasteiger charge is 2.18. The number of hydrogen-bond donors (Lipinski definition) is 3. The Hall–Kier alpha value is -1.40. The number of nitrogens with two attached hydrogens (primary N) is 1. The van der Waals surface area contributed by atoms with Crippen LogP contribution < -0.4 is 11.1 Å². The molecule has 1 atom stereocenters. The van der Waals surface area contributed by atoms with Crippen molar-refractivity contribution in [3.8, 4) is 0 Å². The van der Waals surface area contributed by atoms with Crippen LogP contribution in [0.25, 0.3) is 0 Å². The first kappa shape index (κ1) is 16.7. The summed E-state index contributed by atoms with van der Waals surface area (Å²) in [6, 6.07) is 3.28. The van der Waals surface area contributed by atoms with Gasteiger partial charge in [0.1, 0.15) is 0 Å². The molecule has 1 heterocycles. The summed E-state index contributed by atoms with van der Waals surface area (Å²) in [6.07, 6.45) is 4.17. The largest absolute Gasteiger partial charge is 0.481 e. The van der Waals surface area contributed by atoms with Crippen LogP contribution in [0.2, 0.25) is 0 Å². The number of hydrogen-bond acceptors (Lipinski definition) is 4. The first-order valence-electron chi connectivity index (χ1n) is 6.88. The van der Waals surface area contributed by atoms with Crippen molar-refractivity contribution in [2.24, 2.45) is 5.73 Å². The third-order valence-electron chi connectivity index (χ3n) is 2.96. The van der Waals surface area contributed by atoms with Gasteiger partial charge >= 0.3 is 5.97 Å². The Morgan fingerprint density at radius 3 is 2.65 bits per heavy atom. The summed E-state index contributed by atoms with van der Waals surface area (Å²) >= 11 is 1.46. The lowest BCUT2D eigenvalue weighted by Crippen LogP contribution is -2.29. The quantitative estimate of drug-likeness (QED) is 0.578. The molecule has 112 valence electrons. The number of aliphatic carboxylic acids is 1. The number of carbonyl (C=O) groups is 2. The highest BCUT2D eigenvalue weighted by molar-refractivity contribution is 7.10. The van der Waals surface area contributed by atoms with E-state index in [4.69, 9.17) is 10.8 Å². The van der Waals surface area contributed by atoms with Crippen LogP contribution in [0.1, 0.15) is 49.4 Å². The van der Waals surface area contributed by atoms with E-state index in [1.54, 1.807) is 0 Å². The van der Waals surface area contributed by atoms with Gasteiger partial charge in [-0.1, -0.05) is 18.9 Å². The van der Waals surface area contributed by atoms with Gasteiger partial charge in [0, 0.05) is 11.3 Å². The van der Waals surface area contributed by atoms with Crippen molar-refractivity contribution >= 4 is 23.2 Å². The van der Waals surface area contributed by atoms with Crippen LogP contribution in [0.3, 0.4) is 0 Å². The van der Waals surface area contributed by atoms with Crippen LogP contribution in [0.15, 0.2) is 17.5 Å². The molecule has 0 aliphatic heterocycles. The van der Waals surface area contributed by atoms with Crippen LogP contribution in [-0.4, -0.2) is 23.5 Å². The second-order valence-corrected chi connectivity index (χ2v) is 5.67. The molecular weight excluding hydrogens is 276 g/mol. The van der Waals surface area contributed by atoms with Crippen molar-refractivity contribution < 1.29 is 14.7 Å². The number of thiophene rings is 1.